The second kappa shape index (κ2) is 5.46. The summed E-state index contributed by atoms with van der Waals surface area (Å²) in [6.45, 7) is 2.99. The van der Waals surface area contributed by atoms with E-state index < -0.39 is 0 Å². The van der Waals surface area contributed by atoms with Crippen molar-refractivity contribution in [3.05, 3.63) is 0 Å². The van der Waals surface area contributed by atoms with E-state index in [1.165, 1.54) is 0 Å². The van der Waals surface area contributed by atoms with Crippen LogP contribution in [0.3, 0.4) is 0 Å². The maximum atomic E-state index is 11.4. The van der Waals surface area contributed by atoms with Crippen LogP contribution in [-0.2, 0) is 4.79 Å². The number of hydrogen-bond donors (Lipinski definition) is 1. The van der Waals surface area contributed by atoms with E-state index in [-0.39, 0.29) is 5.91 Å². The molecule has 0 spiro atoms. The van der Waals surface area contributed by atoms with Crippen LogP contribution in [0.2, 0.25) is 0 Å². The molecule has 2 nitrogen and oxygen atoms in total. The molecule has 1 unspecified atom stereocenters. The Morgan fingerprint density at radius 1 is 1.67 bits per heavy atom. The van der Waals surface area contributed by atoms with Gasteiger partial charge in [0.05, 0.1) is 0 Å². The molecule has 1 rings (SSSR count). The molecule has 1 atom stereocenters. The predicted molar refractivity (Wildman–Crippen MR) is 53.3 cm³/mol. The van der Waals surface area contributed by atoms with Crippen molar-refractivity contribution in [1.29, 1.82) is 0 Å². The van der Waals surface area contributed by atoms with Crippen LogP contribution >= 0.6 is 11.8 Å². The highest BCUT2D eigenvalue weighted by Crippen LogP contribution is 2.23. The summed E-state index contributed by atoms with van der Waals surface area (Å²) in [5, 5.41) is 2.97. The number of amides is 1. The van der Waals surface area contributed by atoms with Crippen LogP contribution in [-0.4, -0.2) is 24.0 Å². The molecule has 70 valence electrons. The van der Waals surface area contributed by atoms with Gasteiger partial charge in [-0.15, -0.1) is 0 Å². The molecule has 0 radical (unpaired) electrons. The summed E-state index contributed by atoms with van der Waals surface area (Å²) in [7, 11) is 0. The zero-order valence-electron chi connectivity index (χ0n) is 7.64. The largest absolute Gasteiger partial charge is 0.356 e. The second-order valence-electron chi connectivity index (χ2n) is 3.21. The minimum Gasteiger partial charge on any atom is -0.356 e. The topological polar surface area (TPSA) is 29.1 Å². The van der Waals surface area contributed by atoms with Crippen LogP contribution < -0.4 is 5.32 Å². The lowest BCUT2D eigenvalue weighted by Crippen LogP contribution is -2.31. The first-order valence-electron chi connectivity index (χ1n) is 4.70. The summed E-state index contributed by atoms with van der Waals surface area (Å²) in [6.07, 6.45) is 3.33. The van der Waals surface area contributed by atoms with Crippen LogP contribution in [0.15, 0.2) is 0 Å². The van der Waals surface area contributed by atoms with Gasteiger partial charge in [0.2, 0.25) is 5.91 Å². The molecule has 12 heavy (non-hydrogen) atoms. The van der Waals surface area contributed by atoms with Crippen molar-refractivity contribution in [1.82, 2.24) is 5.32 Å². The number of rotatable bonds is 4. The quantitative estimate of drug-likeness (QED) is 0.678. The van der Waals surface area contributed by atoms with E-state index in [1.54, 1.807) is 0 Å². The number of hydrogen-bond acceptors (Lipinski definition) is 2. The number of thioether (sulfide) groups is 1. The minimum absolute atomic E-state index is 0.272. The van der Waals surface area contributed by atoms with Crippen molar-refractivity contribution in [3.63, 3.8) is 0 Å². The van der Waals surface area contributed by atoms with Gasteiger partial charge in [-0.2, -0.15) is 11.8 Å². The Morgan fingerprint density at radius 2 is 2.50 bits per heavy atom. The third-order valence-electron chi connectivity index (χ3n) is 2.13. The van der Waals surface area contributed by atoms with Crippen molar-refractivity contribution in [2.75, 3.05) is 18.1 Å². The molecule has 1 fully saturated rings. The third kappa shape index (κ3) is 3.05. The van der Waals surface area contributed by atoms with Gasteiger partial charge in [-0.25, -0.2) is 0 Å². The summed E-state index contributed by atoms with van der Waals surface area (Å²) in [5.74, 6) is 2.75. The maximum Gasteiger partial charge on any atom is 0.223 e. The van der Waals surface area contributed by atoms with Crippen molar-refractivity contribution >= 4 is 17.7 Å². The lowest BCUT2D eigenvalue weighted by molar-refractivity contribution is -0.124. The van der Waals surface area contributed by atoms with Crippen molar-refractivity contribution in [2.45, 2.75) is 26.2 Å². The molecule has 1 aliphatic heterocycles. The smallest absolute Gasteiger partial charge is 0.223 e. The average Bonchev–Trinajstić information content (AvgIpc) is 2.56. The number of nitrogens with one attached hydrogen (secondary N) is 1. The van der Waals surface area contributed by atoms with Crippen LogP contribution in [0, 0.1) is 5.92 Å². The molecule has 1 amide bonds. The molecule has 0 aromatic carbocycles. The summed E-state index contributed by atoms with van der Waals surface area (Å²) in [5.41, 5.74) is 0. The zero-order valence-corrected chi connectivity index (χ0v) is 8.45. The van der Waals surface area contributed by atoms with Gasteiger partial charge in [0.25, 0.3) is 0 Å². The summed E-state index contributed by atoms with van der Waals surface area (Å²) in [4.78, 5) is 11.4. The molecule has 1 N–H and O–H groups in total. The van der Waals surface area contributed by atoms with Gasteiger partial charge < -0.3 is 5.32 Å². The van der Waals surface area contributed by atoms with Gasteiger partial charge in [-0.05, 0) is 18.6 Å². The number of carbonyl (C=O) groups is 1. The molecule has 0 aromatic heterocycles. The molecule has 1 aliphatic rings. The lowest BCUT2D eigenvalue weighted by atomic mass is 10.1. The molecule has 1 saturated heterocycles. The third-order valence-corrected chi connectivity index (χ3v) is 3.29. The van der Waals surface area contributed by atoms with Crippen LogP contribution in [0.1, 0.15) is 26.2 Å². The fourth-order valence-electron chi connectivity index (χ4n) is 1.27. The highest BCUT2D eigenvalue weighted by molar-refractivity contribution is 7.99. The van der Waals surface area contributed by atoms with Crippen molar-refractivity contribution in [2.24, 2.45) is 5.92 Å². The van der Waals surface area contributed by atoms with E-state index in [9.17, 15) is 4.79 Å². The minimum atomic E-state index is 0.272. The van der Waals surface area contributed by atoms with Gasteiger partial charge in [-0.3, -0.25) is 4.79 Å². The van der Waals surface area contributed by atoms with E-state index in [0.29, 0.717) is 5.92 Å². The van der Waals surface area contributed by atoms with Gasteiger partial charge >= 0.3 is 0 Å². The molecule has 0 aromatic rings. The maximum absolute atomic E-state index is 11.4. The molecule has 0 saturated carbocycles. The monoisotopic (exact) mass is 187 g/mol. The Hall–Kier alpha value is -0.180. The SMILES string of the molecule is CCCCNC(=O)C1CCSC1. The number of unbranched alkanes of at least 4 members (excludes halogenated alkanes) is 1. The van der Waals surface area contributed by atoms with Gasteiger partial charge in [0.1, 0.15) is 0 Å². The Balaban J connectivity index is 2.10. The van der Waals surface area contributed by atoms with E-state index in [2.05, 4.69) is 12.2 Å². The molecule has 0 bridgehead atoms. The van der Waals surface area contributed by atoms with E-state index in [4.69, 9.17) is 0 Å². The highest BCUT2D eigenvalue weighted by atomic mass is 32.2. The Bertz CT molecular complexity index is 143. The standard InChI is InChI=1S/C9H17NOS/c1-2-3-5-10-9(11)8-4-6-12-7-8/h8H,2-7H2,1H3,(H,10,11). The fraction of sp³-hybridized carbons (Fsp3) is 0.889. The Kier molecular flexibility index (Phi) is 4.51. The Morgan fingerprint density at radius 3 is 3.08 bits per heavy atom. The van der Waals surface area contributed by atoms with E-state index >= 15 is 0 Å². The van der Waals surface area contributed by atoms with E-state index in [1.807, 2.05) is 11.8 Å². The second-order valence-corrected chi connectivity index (χ2v) is 4.35. The van der Waals surface area contributed by atoms with Gasteiger partial charge in [0.15, 0.2) is 0 Å². The summed E-state index contributed by atoms with van der Waals surface area (Å²) in [6, 6.07) is 0. The van der Waals surface area contributed by atoms with Crippen molar-refractivity contribution in [3.8, 4) is 0 Å². The average molecular weight is 187 g/mol. The molecular formula is C9H17NOS. The lowest BCUT2D eigenvalue weighted by Gasteiger charge is -2.08. The summed E-state index contributed by atoms with van der Waals surface area (Å²) < 4.78 is 0. The van der Waals surface area contributed by atoms with Crippen LogP contribution in [0.4, 0.5) is 0 Å². The zero-order chi connectivity index (χ0) is 8.81. The first-order valence-corrected chi connectivity index (χ1v) is 5.85. The summed E-state index contributed by atoms with van der Waals surface area (Å²) >= 11 is 1.89. The highest BCUT2D eigenvalue weighted by Gasteiger charge is 2.22. The first-order chi connectivity index (χ1) is 5.84. The molecule has 1 heterocycles. The predicted octanol–water partition coefficient (Wildman–Crippen LogP) is 1.66. The van der Waals surface area contributed by atoms with Gasteiger partial charge in [-0.1, -0.05) is 13.3 Å². The van der Waals surface area contributed by atoms with E-state index in [0.717, 1.165) is 37.3 Å². The molecule has 3 heteroatoms. The van der Waals surface area contributed by atoms with Crippen molar-refractivity contribution < 1.29 is 4.79 Å². The number of carbonyl (C=O) groups excluding carboxylic acids is 1. The fourth-order valence-corrected chi connectivity index (χ4v) is 2.49. The first kappa shape index (κ1) is 9.90. The van der Waals surface area contributed by atoms with Crippen LogP contribution in [0.25, 0.3) is 0 Å². The Labute approximate surface area is 78.5 Å². The normalized spacial score (nSPS) is 22.6. The van der Waals surface area contributed by atoms with Gasteiger partial charge in [0, 0.05) is 18.2 Å². The van der Waals surface area contributed by atoms with Crippen LogP contribution in [0.5, 0.6) is 0 Å². The molecule has 0 aliphatic carbocycles. The molecular weight excluding hydrogens is 170 g/mol.